The van der Waals surface area contributed by atoms with Gasteiger partial charge in [0.25, 0.3) is 0 Å². The Hall–Kier alpha value is -1.44. The van der Waals surface area contributed by atoms with Crippen molar-refractivity contribution in [2.45, 2.75) is 20.8 Å². The van der Waals surface area contributed by atoms with Crippen LogP contribution in [-0.4, -0.2) is 56.1 Å². The van der Waals surface area contributed by atoms with Gasteiger partial charge in [-0.15, -0.1) is 11.3 Å². The van der Waals surface area contributed by atoms with Crippen LogP contribution in [0.25, 0.3) is 0 Å². The van der Waals surface area contributed by atoms with Crippen molar-refractivity contribution >= 4 is 28.2 Å². The summed E-state index contributed by atoms with van der Waals surface area (Å²) in [5.41, 5.74) is 1.36. The lowest BCUT2D eigenvalue weighted by atomic mass is 10.1. The zero-order chi connectivity index (χ0) is 16.1. The number of carbonyl (C=O) groups excluding carboxylic acids is 2. The monoisotopic (exact) mass is 325 g/mol. The number of nitrogens with one attached hydrogen (secondary N) is 2. The molecule has 1 saturated heterocycles. The van der Waals surface area contributed by atoms with Crippen molar-refractivity contribution in [1.29, 1.82) is 0 Å². The van der Waals surface area contributed by atoms with Crippen LogP contribution in [0.5, 0.6) is 0 Å². The Kier molecular flexibility index (Phi) is 5.93. The number of piperazine rings is 1. The van der Waals surface area contributed by atoms with Gasteiger partial charge in [-0.05, 0) is 26.3 Å². The smallest absolute Gasteiger partial charge is 0.341 e. The van der Waals surface area contributed by atoms with Crippen LogP contribution >= 0.6 is 11.3 Å². The number of anilines is 1. The molecule has 1 amide bonds. The van der Waals surface area contributed by atoms with E-state index in [9.17, 15) is 9.59 Å². The number of esters is 1. The highest BCUT2D eigenvalue weighted by Gasteiger charge is 2.22. The molecule has 6 nitrogen and oxygen atoms in total. The summed E-state index contributed by atoms with van der Waals surface area (Å²) in [5, 5.41) is 6.72. The number of rotatable bonds is 5. The Balaban J connectivity index is 2.06. The van der Waals surface area contributed by atoms with Crippen molar-refractivity contribution in [3.8, 4) is 0 Å². The predicted octanol–water partition coefficient (Wildman–Crippen LogP) is 1.39. The Labute approximate surface area is 134 Å². The fraction of sp³-hybridized carbons (Fsp3) is 0.600. The van der Waals surface area contributed by atoms with E-state index in [4.69, 9.17) is 4.74 Å². The van der Waals surface area contributed by atoms with Gasteiger partial charge >= 0.3 is 5.97 Å². The second kappa shape index (κ2) is 7.71. The zero-order valence-electron chi connectivity index (χ0n) is 13.3. The summed E-state index contributed by atoms with van der Waals surface area (Å²) in [4.78, 5) is 27.4. The molecular formula is C15H23N3O3S. The lowest BCUT2D eigenvalue weighted by molar-refractivity contribution is -0.117. The summed E-state index contributed by atoms with van der Waals surface area (Å²) < 4.78 is 5.09. The molecule has 1 aromatic rings. The van der Waals surface area contributed by atoms with Gasteiger partial charge in [-0.2, -0.15) is 0 Å². The molecule has 0 spiro atoms. The fourth-order valence-corrected chi connectivity index (χ4v) is 3.47. The maximum atomic E-state index is 12.2. The van der Waals surface area contributed by atoms with E-state index in [0.717, 1.165) is 36.6 Å². The van der Waals surface area contributed by atoms with Gasteiger partial charge < -0.3 is 15.4 Å². The Morgan fingerprint density at radius 1 is 1.32 bits per heavy atom. The fourth-order valence-electron chi connectivity index (χ4n) is 2.40. The van der Waals surface area contributed by atoms with Crippen LogP contribution in [-0.2, 0) is 9.53 Å². The Bertz CT molecular complexity index is 550. The number of hydrogen-bond donors (Lipinski definition) is 2. The van der Waals surface area contributed by atoms with Crippen molar-refractivity contribution in [2.24, 2.45) is 0 Å². The molecule has 0 bridgehead atoms. The molecule has 2 rings (SSSR count). The molecule has 7 heteroatoms. The van der Waals surface area contributed by atoms with Crippen LogP contribution in [0.15, 0.2) is 0 Å². The first-order chi connectivity index (χ1) is 10.5. The highest BCUT2D eigenvalue weighted by molar-refractivity contribution is 7.16. The Morgan fingerprint density at radius 2 is 2.00 bits per heavy atom. The maximum absolute atomic E-state index is 12.2. The third kappa shape index (κ3) is 4.06. The molecule has 1 aromatic heterocycles. The first-order valence-corrected chi connectivity index (χ1v) is 8.34. The van der Waals surface area contributed by atoms with Crippen molar-refractivity contribution in [3.05, 3.63) is 16.0 Å². The molecule has 0 unspecified atom stereocenters. The summed E-state index contributed by atoms with van der Waals surface area (Å²) in [6.45, 7) is 9.79. The molecular weight excluding hydrogens is 302 g/mol. The van der Waals surface area contributed by atoms with E-state index in [-0.39, 0.29) is 11.9 Å². The summed E-state index contributed by atoms with van der Waals surface area (Å²) in [6, 6.07) is 0. The number of thiophene rings is 1. The minimum Gasteiger partial charge on any atom is -0.462 e. The van der Waals surface area contributed by atoms with Gasteiger partial charge in [-0.3, -0.25) is 9.69 Å². The minimum atomic E-state index is -0.373. The van der Waals surface area contributed by atoms with Gasteiger partial charge in [-0.25, -0.2) is 4.79 Å². The molecule has 0 aliphatic carbocycles. The van der Waals surface area contributed by atoms with Crippen LogP contribution in [0.4, 0.5) is 5.00 Å². The van der Waals surface area contributed by atoms with Crippen molar-refractivity contribution in [2.75, 3.05) is 44.6 Å². The summed E-state index contributed by atoms with van der Waals surface area (Å²) >= 11 is 1.42. The van der Waals surface area contributed by atoms with Crippen LogP contribution < -0.4 is 10.6 Å². The quantitative estimate of drug-likeness (QED) is 0.801. The van der Waals surface area contributed by atoms with E-state index in [1.165, 1.54) is 11.3 Å². The molecule has 22 heavy (non-hydrogen) atoms. The highest BCUT2D eigenvalue weighted by atomic mass is 32.1. The molecule has 0 saturated carbocycles. The van der Waals surface area contributed by atoms with Crippen molar-refractivity contribution in [3.63, 3.8) is 0 Å². The standard InChI is InChI=1S/C15H23N3O3S/c1-4-21-15(20)13-10(2)11(3)22-14(13)17-12(19)9-18-7-5-16-6-8-18/h16H,4-9H2,1-3H3,(H,17,19). The van der Waals surface area contributed by atoms with Gasteiger partial charge in [0.1, 0.15) is 5.00 Å². The van der Waals surface area contributed by atoms with E-state index >= 15 is 0 Å². The van der Waals surface area contributed by atoms with Gasteiger partial charge in [0.2, 0.25) is 5.91 Å². The second-order valence-electron chi connectivity index (χ2n) is 5.28. The summed E-state index contributed by atoms with van der Waals surface area (Å²) in [6.07, 6.45) is 0. The number of ether oxygens (including phenoxy) is 1. The lowest BCUT2D eigenvalue weighted by Crippen LogP contribution is -2.46. The van der Waals surface area contributed by atoms with Crippen molar-refractivity contribution in [1.82, 2.24) is 10.2 Å². The SMILES string of the molecule is CCOC(=O)c1c(NC(=O)CN2CCNCC2)sc(C)c1C. The molecule has 1 fully saturated rings. The summed E-state index contributed by atoms with van der Waals surface area (Å²) in [5.74, 6) is -0.462. The first kappa shape index (κ1) is 16.9. The molecule has 0 radical (unpaired) electrons. The van der Waals surface area contributed by atoms with E-state index in [0.29, 0.717) is 23.7 Å². The van der Waals surface area contributed by atoms with E-state index in [1.807, 2.05) is 13.8 Å². The molecule has 1 aliphatic heterocycles. The topological polar surface area (TPSA) is 70.7 Å². The molecule has 2 heterocycles. The molecule has 2 N–H and O–H groups in total. The van der Waals surface area contributed by atoms with Gasteiger partial charge in [0.05, 0.1) is 18.7 Å². The van der Waals surface area contributed by atoms with Crippen LogP contribution in [0.2, 0.25) is 0 Å². The van der Waals surface area contributed by atoms with Gasteiger partial charge in [-0.1, -0.05) is 0 Å². The molecule has 0 aromatic carbocycles. The zero-order valence-corrected chi connectivity index (χ0v) is 14.1. The van der Waals surface area contributed by atoms with E-state index < -0.39 is 0 Å². The van der Waals surface area contributed by atoms with Crippen molar-refractivity contribution < 1.29 is 14.3 Å². The van der Waals surface area contributed by atoms with Crippen LogP contribution in [0.1, 0.15) is 27.7 Å². The number of nitrogens with zero attached hydrogens (tertiary/aromatic N) is 1. The number of amides is 1. The first-order valence-electron chi connectivity index (χ1n) is 7.53. The summed E-state index contributed by atoms with van der Waals surface area (Å²) in [7, 11) is 0. The average molecular weight is 325 g/mol. The lowest BCUT2D eigenvalue weighted by Gasteiger charge is -2.26. The number of hydrogen-bond acceptors (Lipinski definition) is 6. The Morgan fingerprint density at radius 3 is 2.64 bits per heavy atom. The van der Waals surface area contributed by atoms with E-state index in [1.54, 1.807) is 6.92 Å². The van der Waals surface area contributed by atoms with Crippen LogP contribution in [0, 0.1) is 13.8 Å². The van der Waals surface area contributed by atoms with E-state index in [2.05, 4.69) is 15.5 Å². The van der Waals surface area contributed by atoms with Crippen LogP contribution in [0.3, 0.4) is 0 Å². The maximum Gasteiger partial charge on any atom is 0.341 e. The number of aryl methyl sites for hydroxylation is 1. The number of carbonyl (C=O) groups is 2. The highest BCUT2D eigenvalue weighted by Crippen LogP contribution is 2.33. The third-order valence-electron chi connectivity index (χ3n) is 3.69. The average Bonchev–Trinajstić information content (AvgIpc) is 2.74. The minimum absolute atomic E-state index is 0.0892. The normalized spacial score (nSPS) is 15.6. The second-order valence-corrected chi connectivity index (χ2v) is 6.51. The molecule has 122 valence electrons. The molecule has 1 aliphatic rings. The van der Waals surface area contributed by atoms with Gasteiger partial charge in [0.15, 0.2) is 0 Å². The molecule has 0 atom stereocenters. The predicted molar refractivity (Wildman–Crippen MR) is 87.7 cm³/mol. The third-order valence-corrected chi connectivity index (χ3v) is 4.82. The van der Waals surface area contributed by atoms with Gasteiger partial charge in [0, 0.05) is 31.1 Å². The largest absolute Gasteiger partial charge is 0.462 e.